The molecule has 1 amide bonds. The van der Waals surface area contributed by atoms with Gasteiger partial charge in [-0.15, -0.1) is 0 Å². The van der Waals surface area contributed by atoms with E-state index < -0.39 is 23.2 Å². The summed E-state index contributed by atoms with van der Waals surface area (Å²) in [6, 6.07) is 2.26. The van der Waals surface area contributed by atoms with Crippen LogP contribution in [0.5, 0.6) is 11.5 Å². The van der Waals surface area contributed by atoms with Gasteiger partial charge in [0.25, 0.3) is 11.6 Å². The lowest BCUT2D eigenvalue weighted by Gasteiger charge is -2.34. The quantitative estimate of drug-likeness (QED) is 0.423. The molecule has 2 rings (SSSR count). The molecule has 0 aromatic heterocycles. The molecule has 0 aliphatic carbocycles. The molecular formula is C18H24N2O7. The Morgan fingerprint density at radius 1 is 1.15 bits per heavy atom. The molecule has 0 spiro atoms. The van der Waals surface area contributed by atoms with E-state index in [1.54, 1.807) is 4.90 Å². The maximum Gasteiger partial charge on any atom is 0.345 e. The van der Waals surface area contributed by atoms with Crippen molar-refractivity contribution in [2.75, 3.05) is 33.9 Å². The lowest BCUT2D eigenvalue weighted by Crippen LogP contribution is -2.44. The van der Waals surface area contributed by atoms with E-state index in [1.807, 2.05) is 0 Å². The zero-order valence-corrected chi connectivity index (χ0v) is 15.9. The van der Waals surface area contributed by atoms with Crippen molar-refractivity contribution in [3.05, 3.63) is 27.8 Å². The molecule has 0 unspecified atom stereocenters. The number of ether oxygens (including phenoxy) is 3. The summed E-state index contributed by atoms with van der Waals surface area (Å²) in [5.74, 6) is -0.257. The van der Waals surface area contributed by atoms with Crippen LogP contribution in [0, 0.1) is 22.0 Å². The molecule has 1 aliphatic heterocycles. The summed E-state index contributed by atoms with van der Waals surface area (Å²) >= 11 is 0. The summed E-state index contributed by atoms with van der Waals surface area (Å²) in [5, 5.41) is 11.3. The third-order valence-corrected chi connectivity index (χ3v) is 4.47. The average molecular weight is 380 g/mol. The van der Waals surface area contributed by atoms with Gasteiger partial charge in [0.05, 0.1) is 25.2 Å². The van der Waals surface area contributed by atoms with Crippen LogP contribution in [-0.4, -0.2) is 55.6 Å². The summed E-state index contributed by atoms with van der Waals surface area (Å²) in [7, 11) is 2.68. The molecule has 27 heavy (non-hydrogen) atoms. The van der Waals surface area contributed by atoms with Crippen molar-refractivity contribution in [2.45, 2.75) is 20.3 Å². The summed E-state index contributed by atoms with van der Waals surface area (Å²) in [6.07, 6.45) is 1.04. The average Bonchev–Trinajstić information content (AvgIpc) is 2.63. The number of nitro groups is 1. The lowest BCUT2D eigenvalue weighted by molar-refractivity contribution is -0.385. The highest BCUT2D eigenvalue weighted by molar-refractivity contribution is 5.96. The standard InChI is InChI=1S/C18H24N2O7/c1-11-5-12(2)9-19(8-11)17(21)10-27-18(22)13-6-15(25-3)16(26-4)7-14(13)20(23)24/h6-7,11-12H,5,8-10H2,1-4H3/t11-,12+. The smallest absolute Gasteiger partial charge is 0.345 e. The minimum absolute atomic E-state index is 0.119. The van der Waals surface area contributed by atoms with Crippen LogP contribution in [0.3, 0.4) is 0 Å². The predicted octanol–water partition coefficient (Wildman–Crippen LogP) is 2.27. The van der Waals surface area contributed by atoms with Gasteiger partial charge in [0, 0.05) is 19.2 Å². The topological polar surface area (TPSA) is 108 Å². The highest BCUT2D eigenvalue weighted by Gasteiger charge is 2.29. The third kappa shape index (κ3) is 4.87. The SMILES string of the molecule is COc1cc(C(=O)OCC(=O)N2C[C@H](C)C[C@H](C)C2)c([N+](=O)[O-])cc1OC. The maximum atomic E-state index is 12.4. The Kier molecular flexibility index (Phi) is 6.59. The molecule has 0 N–H and O–H groups in total. The molecule has 1 aromatic carbocycles. The number of rotatable bonds is 6. The van der Waals surface area contributed by atoms with E-state index in [-0.39, 0.29) is 23.0 Å². The van der Waals surface area contributed by atoms with Crippen LogP contribution in [0.4, 0.5) is 5.69 Å². The monoisotopic (exact) mass is 380 g/mol. The van der Waals surface area contributed by atoms with Gasteiger partial charge in [0.2, 0.25) is 0 Å². The predicted molar refractivity (Wildman–Crippen MR) is 96.0 cm³/mol. The molecule has 9 heteroatoms. The highest BCUT2D eigenvalue weighted by atomic mass is 16.6. The van der Waals surface area contributed by atoms with Crippen LogP contribution < -0.4 is 9.47 Å². The number of piperidine rings is 1. The number of amides is 1. The molecular weight excluding hydrogens is 356 g/mol. The normalized spacial score (nSPS) is 19.3. The maximum absolute atomic E-state index is 12.4. The van der Waals surface area contributed by atoms with E-state index in [4.69, 9.17) is 14.2 Å². The van der Waals surface area contributed by atoms with Gasteiger partial charge in [-0.3, -0.25) is 14.9 Å². The zero-order valence-electron chi connectivity index (χ0n) is 15.9. The van der Waals surface area contributed by atoms with Gasteiger partial charge in [-0.05, 0) is 18.3 Å². The molecule has 0 bridgehead atoms. The fraction of sp³-hybridized carbons (Fsp3) is 0.556. The van der Waals surface area contributed by atoms with Crippen molar-refractivity contribution < 1.29 is 28.7 Å². The van der Waals surface area contributed by atoms with Crippen LogP contribution >= 0.6 is 0 Å². The molecule has 148 valence electrons. The number of esters is 1. The summed E-state index contributed by atoms with van der Waals surface area (Å²) in [4.78, 5) is 36.9. The zero-order chi connectivity index (χ0) is 20.1. The third-order valence-electron chi connectivity index (χ3n) is 4.47. The molecule has 1 heterocycles. The van der Waals surface area contributed by atoms with Crippen molar-refractivity contribution in [3.63, 3.8) is 0 Å². The first-order chi connectivity index (χ1) is 12.8. The number of nitro benzene ring substituents is 1. The molecule has 1 fully saturated rings. The van der Waals surface area contributed by atoms with Crippen molar-refractivity contribution in [1.82, 2.24) is 4.90 Å². The van der Waals surface area contributed by atoms with Crippen LogP contribution in [-0.2, 0) is 9.53 Å². The Morgan fingerprint density at radius 3 is 2.22 bits per heavy atom. The minimum atomic E-state index is -0.964. The Balaban J connectivity index is 2.13. The van der Waals surface area contributed by atoms with Gasteiger partial charge in [-0.1, -0.05) is 13.8 Å². The number of hydrogen-bond acceptors (Lipinski definition) is 7. The second kappa shape index (κ2) is 8.70. The highest BCUT2D eigenvalue weighted by Crippen LogP contribution is 2.34. The molecule has 1 aliphatic rings. The summed E-state index contributed by atoms with van der Waals surface area (Å²) in [5.41, 5.74) is -0.781. The fourth-order valence-electron chi connectivity index (χ4n) is 3.35. The van der Waals surface area contributed by atoms with Crippen LogP contribution in [0.1, 0.15) is 30.6 Å². The lowest BCUT2D eigenvalue weighted by atomic mass is 9.92. The molecule has 1 aromatic rings. The Morgan fingerprint density at radius 2 is 1.70 bits per heavy atom. The van der Waals surface area contributed by atoms with Gasteiger partial charge < -0.3 is 19.1 Å². The van der Waals surface area contributed by atoms with Crippen LogP contribution in [0.25, 0.3) is 0 Å². The van der Waals surface area contributed by atoms with Crippen molar-refractivity contribution in [2.24, 2.45) is 11.8 Å². The number of methoxy groups -OCH3 is 2. The second-order valence-electron chi connectivity index (χ2n) is 6.80. The number of carbonyl (C=O) groups is 2. The van der Waals surface area contributed by atoms with Crippen molar-refractivity contribution in [1.29, 1.82) is 0 Å². The first-order valence-corrected chi connectivity index (χ1v) is 8.62. The van der Waals surface area contributed by atoms with Gasteiger partial charge in [-0.25, -0.2) is 4.79 Å². The van der Waals surface area contributed by atoms with Crippen molar-refractivity contribution in [3.8, 4) is 11.5 Å². The van der Waals surface area contributed by atoms with E-state index in [0.29, 0.717) is 24.9 Å². The fourth-order valence-corrected chi connectivity index (χ4v) is 3.35. The minimum Gasteiger partial charge on any atom is -0.493 e. The van der Waals surface area contributed by atoms with Crippen LogP contribution in [0.15, 0.2) is 12.1 Å². The Labute approximate surface area is 157 Å². The van der Waals surface area contributed by atoms with E-state index in [1.165, 1.54) is 20.3 Å². The van der Waals surface area contributed by atoms with Crippen LogP contribution in [0.2, 0.25) is 0 Å². The second-order valence-corrected chi connectivity index (χ2v) is 6.80. The first-order valence-electron chi connectivity index (χ1n) is 8.62. The van der Waals surface area contributed by atoms with E-state index in [0.717, 1.165) is 12.5 Å². The molecule has 0 saturated carbocycles. The number of nitrogens with zero attached hydrogens (tertiary/aromatic N) is 2. The largest absolute Gasteiger partial charge is 0.493 e. The van der Waals surface area contributed by atoms with Gasteiger partial charge in [-0.2, -0.15) is 0 Å². The van der Waals surface area contributed by atoms with Gasteiger partial charge in [0.15, 0.2) is 18.1 Å². The number of hydrogen-bond donors (Lipinski definition) is 0. The first kappa shape index (κ1) is 20.5. The van der Waals surface area contributed by atoms with Gasteiger partial charge in [0.1, 0.15) is 5.56 Å². The molecule has 1 saturated heterocycles. The van der Waals surface area contributed by atoms with E-state index in [9.17, 15) is 19.7 Å². The molecule has 0 radical (unpaired) electrons. The summed E-state index contributed by atoms with van der Waals surface area (Å²) in [6.45, 7) is 4.88. The number of benzene rings is 1. The van der Waals surface area contributed by atoms with E-state index in [2.05, 4.69) is 13.8 Å². The van der Waals surface area contributed by atoms with Crippen molar-refractivity contribution >= 4 is 17.6 Å². The Bertz CT molecular complexity index is 725. The number of likely N-dealkylation sites (tertiary alicyclic amines) is 1. The Hall–Kier alpha value is -2.84. The van der Waals surface area contributed by atoms with E-state index >= 15 is 0 Å². The molecule has 2 atom stereocenters. The number of carbonyl (C=O) groups excluding carboxylic acids is 2. The summed E-state index contributed by atoms with van der Waals surface area (Å²) < 4.78 is 15.1. The van der Waals surface area contributed by atoms with Gasteiger partial charge >= 0.3 is 5.97 Å². The molecule has 9 nitrogen and oxygen atoms in total.